The molecule has 0 saturated heterocycles. The summed E-state index contributed by atoms with van der Waals surface area (Å²) in [5.74, 6) is 0.754. The largest absolute Gasteiger partial charge is 0.497 e. The molecule has 0 saturated carbocycles. The predicted octanol–water partition coefficient (Wildman–Crippen LogP) is 4.95. The third-order valence-electron chi connectivity index (χ3n) is 3.31. The van der Waals surface area contributed by atoms with E-state index in [1.165, 1.54) is 6.07 Å². The lowest BCUT2D eigenvalue weighted by molar-refractivity contribution is 0.415. The lowest BCUT2D eigenvalue weighted by Crippen LogP contribution is -2.11. The first kappa shape index (κ1) is 17.6. The van der Waals surface area contributed by atoms with Crippen LogP contribution in [0.15, 0.2) is 64.9 Å². The highest BCUT2D eigenvalue weighted by Gasteiger charge is 2.16. The van der Waals surface area contributed by atoms with E-state index in [0.717, 1.165) is 28.5 Å². The summed E-state index contributed by atoms with van der Waals surface area (Å²) in [4.78, 5) is 0. The van der Waals surface area contributed by atoms with Gasteiger partial charge in [-0.25, -0.2) is 8.42 Å². The standard InChI is InChI=1S/C17H15ClN2O3S2/c1-23-15-4-2-3-14(11-15)19-12-5-7-13(8-6-12)20-25(21,22)17-10-9-16(18)24-17/h2-11,19-20H,1H3. The Bertz CT molecular complexity index is 970. The van der Waals surface area contributed by atoms with Crippen molar-refractivity contribution >= 4 is 50.0 Å². The molecule has 25 heavy (non-hydrogen) atoms. The SMILES string of the molecule is COc1cccc(Nc2ccc(NS(=O)(=O)c3ccc(Cl)s3)cc2)c1. The summed E-state index contributed by atoms with van der Waals surface area (Å²) < 4.78 is 32.9. The van der Waals surface area contributed by atoms with Crippen molar-refractivity contribution in [2.24, 2.45) is 0 Å². The normalized spacial score (nSPS) is 11.1. The number of methoxy groups -OCH3 is 1. The van der Waals surface area contributed by atoms with Crippen LogP contribution in [0.1, 0.15) is 0 Å². The smallest absolute Gasteiger partial charge is 0.271 e. The number of anilines is 3. The molecule has 0 aliphatic rings. The van der Waals surface area contributed by atoms with Crippen molar-refractivity contribution in [2.45, 2.75) is 4.21 Å². The quantitative estimate of drug-likeness (QED) is 0.620. The number of hydrogen-bond donors (Lipinski definition) is 2. The zero-order valence-electron chi connectivity index (χ0n) is 13.2. The fraction of sp³-hybridized carbons (Fsp3) is 0.0588. The van der Waals surface area contributed by atoms with Gasteiger partial charge in [-0.1, -0.05) is 17.7 Å². The monoisotopic (exact) mass is 394 g/mol. The Morgan fingerprint density at radius 1 is 0.960 bits per heavy atom. The maximum absolute atomic E-state index is 12.3. The highest BCUT2D eigenvalue weighted by atomic mass is 35.5. The van der Waals surface area contributed by atoms with Crippen LogP contribution in [0, 0.1) is 0 Å². The van der Waals surface area contributed by atoms with Gasteiger partial charge in [0.15, 0.2) is 0 Å². The summed E-state index contributed by atoms with van der Waals surface area (Å²) in [5, 5.41) is 3.23. The van der Waals surface area contributed by atoms with Crippen LogP contribution in [0.3, 0.4) is 0 Å². The molecule has 0 aliphatic carbocycles. The first-order chi connectivity index (χ1) is 12.0. The number of halogens is 1. The topological polar surface area (TPSA) is 67.4 Å². The average Bonchev–Trinajstić information content (AvgIpc) is 3.04. The van der Waals surface area contributed by atoms with Crippen LogP contribution in [0.2, 0.25) is 4.34 Å². The van der Waals surface area contributed by atoms with Crippen LogP contribution >= 0.6 is 22.9 Å². The van der Waals surface area contributed by atoms with Crippen LogP contribution in [0.25, 0.3) is 0 Å². The summed E-state index contributed by atoms with van der Waals surface area (Å²) in [5.41, 5.74) is 2.18. The molecule has 0 amide bonds. The summed E-state index contributed by atoms with van der Waals surface area (Å²) in [6.07, 6.45) is 0. The van der Waals surface area contributed by atoms with Crippen molar-refractivity contribution in [3.63, 3.8) is 0 Å². The van der Waals surface area contributed by atoms with Gasteiger partial charge in [0.25, 0.3) is 10.0 Å². The Hall–Kier alpha value is -2.22. The van der Waals surface area contributed by atoms with Gasteiger partial charge in [-0.05, 0) is 48.5 Å². The number of nitrogens with one attached hydrogen (secondary N) is 2. The first-order valence-corrected chi connectivity index (χ1v) is 9.93. The molecule has 3 rings (SSSR count). The minimum atomic E-state index is -3.63. The Balaban J connectivity index is 1.71. The van der Waals surface area contributed by atoms with Crippen molar-refractivity contribution < 1.29 is 13.2 Å². The molecule has 3 aromatic rings. The molecule has 5 nitrogen and oxygen atoms in total. The van der Waals surface area contributed by atoms with Crippen molar-refractivity contribution in [3.05, 3.63) is 65.0 Å². The minimum absolute atomic E-state index is 0.177. The van der Waals surface area contributed by atoms with Crippen LogP contribution < -0.4 is 14.8 Å². The van der Waals surface area contributed by atoms with Crippen LogP contribution in [-0.4, -0.2) is 15.5 Å². The number of sulfonamides is 1. The van der Waals surface area contributed by atoms with Crippen molar-refractivity contribution in [2.75, 3.05) is 17.1 Å². The fourth-order valence-electron chi connectivity index (χ4n) is 2.14. The Kier molecular flexibility index (Phi) is 5.17. The van der Waals surface area contributed by atoms with E-state index in [-0.39, 0.29) is 4.21 Å². The minimum Gasteiger partial charge on any atom is -0.497 e. The van der Waals surface area contributed by atoms with E-state index in [4.69, 9.17) is 16.3 Å². The maximum Gasteiger partial charge on any atom is 0.271 e. The van der Waals surface area contributed by atoms with Gasteiger partial charge in [-0.2, -0.15) is 0 Å². The van der Waals surface area contributed by atoms with Crippen molar-refractivity contribution in [3.8, 4) is 5.75 Å². The Labute approximate surface area is 155 Å². The molecule has 1 heterocycles. The highest BCUT2D eigenvalue weighted by Crippen LogP contribution is 2.28. The summed E-state index contributed by atoms with van der Waals surface area (Å²) >= 11 is 6.81. The molecular weight excluding hydrogens is 380 g/mol. The van der Waals surface area contributed by atoms with Crippen LogP contribution in [0.4, 0.5) is 17.1 Å². The second kappa shape index (κ2) is 7.35. The maximum atomic E-state index is 12.3. The number of rotatable bonds is 6. The predicted molar refractivity (Wildman–Crippen MR) is 103 cm³/mol. The van der Waals surface area contributed by atoms with Gasteiger partial charge in [0, 0.05) is 23.1 Å². The molecule has 2 N–H and O–H groups in total. The molecule has 2 aromatic carbocycles. The van der Waals surface area contributed by atoms with Gasteiger partial charge < -0.3 is 10.1 Å². The Morgan fingerprint density at radius 3 is 2.32 bits per heavy atom. The van der Waals surface area contributed by atoms with E-state index in [0.29, 0.717) is 10.0 Å². The summed E-state index contributed by atoms with van der Waals surface area (Å²) in [6, 6.07) is 17.5. The van der Waals surface area contributed by atoms with Gasteiger partial charge in [0.1, 0.15) is 9.96 Å². The molecule has 0 radical (unpaired) electrons. The number of benzene rings is 2. The lowest BCUT2D eigenvalue weighted by Gasteiger charge is -2.10. The third kappa shape index (κ3) is 4.45. The Morgan fingerprint density at radius 2 is 1.68 bits per heavy atom. The van der Waals surface area contributed by atoms with E-state index in [1.54, 1.807) is 37.4 Å². The zero-order valence-corrected chi connectivity index (χ0v) is 15.6. The van der Waals surface area contributed by atoms with E-state index in [1.807, 2.05) is 24.3 Å². The average molecular weight is 395 g/mol. The second-order valence-electron chi connectivity index (χ2n) is 5.10. The van der Waals surface area contributed by atoms with Crippen LogP contribution in [-0.2, 0) is 10.0 Å². The molecule has 0 spiro atoms. The number of ether oxygens (including phenoxy) is 1. The van der Waals surface area contributed by atoms with Gasteiger partial charge in [0.05, 0.1) is 11.4 Å². The molecule has 0 fully saturated rings. The zero-order chi connectivity index (χ0) is 17.9. The van der Waals surface area contributed by atoms with Gasteiger partial charge >= 0.3 is 0 Å². The third-order valence-corrected chi connectivity index (χ3v) is 6.41. The molecule has 0 aliphatic heterocycles. The van der Waals surface area contributed by atoms with Gasteiger partial charge in [-0.3, -0.25) is 4.72 Å². The molecule has 0 unspecified atom stereocenters. The van der Waals surface area contributed by atoms with E-state index >= 15 is 0 Å². The van der Waals surface area contributed by atoms with Crippen molar-refractivity contribution in [1.29, 1.82) is 0 Å². The van der Waals surface area contributed by atoms with E-state index in [2.05, 4.69) is 10.0 Å². The highest BCUT2D eigenvalue weighted by molar-refractivity contribution is 7.94. The van der Waals surface area contributed by atoms with Gasteiger partial charge in [0.2, 0.25) is 0 Å². The van der Waals surface area contributed by atoms with E-state index < -0.39 is 10.0 Å². The number of thiophene rings is 1. The molecule has 130 valence electrons. The van der Waals surface area contributed by atoms with E-state index in [9.17, 15) is 8.42 Å². The van der Waals surface area contributed by atoms with Gasteiger partial charge in [-0.15, -0.1) is 11.3 Å². The number of hydrogen-bond acceptors (Lipinski definition) is 5. The molecule has 0 atom stereocenters. The van der Waals surface area contributed by atoms with Crippen molar-refractivity contribution in [1.82, 2.24) is 0 Å². The fourth-order valence-corrected chi connectivity index (χ4v) is 4.68. The lowest BCUT2D eigenvalue weighted by atomic mass is 10.2. The molecule has 1 aromatic heterocycles. The second-order valence-corrected chi connectivity index (χ2v) is 8.72. The molecular formula is C17H15ClN2O3S2. The molecule has 8 heteroatoms. The van der Waals surface area contributed by atoms with Crippen LogP contribution in [0.5, 0.6) is 5.75 Å². The first-order valence-electron chi connectivity index (χ1n) is 7.25. The molecule has 0 bridgehead atoms. The summed E-state index contributed by atoms with van der Waals surface area (Å²) in [6.45, 7) is 0. The summed E-state index contributed by atoms with van der Waals surface area (Å²) in [7, 11) is -2.01.